The monoisotopic (exact) mass is 1040 g/mol. The maximum atomic E-state index is 14.2. The molecule has 20 nitrogen and oxygen atoms in total. The number of hydrogen-bond donors (Lipinski definition) is 3. The van der Waals surface area contributed by atoms with Crippen molar-refractivity contribution >= 4 is 30.0 Å². The molecule has 73 heavy (non-hydrogen) atoms. The summed E-state index contributed by atoms with van der Waals surface area (Å²) in [5.41, 5.74) is -0.865. The molecule has 3 fully saturated rings. The summed E-state index contributed by atoms with van der Waals surface area (Å²) in [7, 11) is 6.41. The van der Waals surface area contributed by atoms with E-state index < -0.39 is 152 Å². The molecular weight excluding hydrogens is 955 g/mol. The number of aliphatic hydroxyl groups excluding tert-OH is 2. The van der Waals surface area contributed by atoms with Crippen LogP contribution < -0.4 is 0 Å². The number of ketones is 1. The third-order valence-electron chi connectivity index (χ3n) is 14.5. The Morgan fingerprint density at radius 2 is 1.55 bits per heavy atom. The Hall–Kier alpha value is -3.25. The van der Waals surface area contributed by atoms with Crippen molar-refractivity contribution in [3.8, 4) is 0 Å². The standard InChI is InChI=1S/C53H87NO19/c1-16-38-36(26-65-52-49(64-15)48(63-14)44(60)31(7)67-52)22-28(4)17-18-37(57)29(5)23-35(19-20-55)46(30(6)39(69-34(10)56)24-41(59)70-38)73-51-45(61)43(54(12)13)47(32(8)68-51)72-42-25-53(11,62)50(33(9)66-42)71-40(58)21-27(2)3/h17-18,20,22,27,29-33,35-36,38-39,42-52,60-62H,16,19,21,23-26H2,1-15H3. The molecule has 3 N–H and O–H groups in total. The fraction of sp³-hybridized carbons (Fsp3) is 0.830. The second-order valence-corrected chi connectivity index (χ2v) is 21.4. The molecule has 4 heterocycles. The number of allylic oxidation sites excluding steroid dienone is 3. The predicted octanol–water partition coefficient (Wildman–Crippen LogP) is 4.00. The minimum Gasteiger partial charge on any atom is -0.462 e. The second-order valence-electron chi connectivity index (χ2n) is 21.4. The van der Waals surface area contributed by atoms with Gasteiger partial charge in [-0.2, -0.15) is 0 Å². The lowest BCUT2D eigenvalue weighted by Gasteiger charge is -2.50. The molecule has 0 bridgehead atoms. The summed E-state index contributed by atoms with van der Waals surface area (Å²) in [6.45, 7) is 18.7. The van der Waals surface area contributed by atoms with Crippen LogP contribution in [-0.4, -0.2) is 189 Å². The highest BCUT2D eigenvalue weighted by Gasteiger charge is 2.53. The average molecular weight is 1040 g/mol. The summed E-state index contributed by atoms with van der Waals surface area (Å²) in [5.74, 6) is -4.87. The van der Waals surface area contributed by atoms with Crippen LogP contribution in [0.5, 0.6) is 0 Å². The molecule has 20 heteroatoms. The Labute approximate surface area is 432 Å². The SMILES string of the molecule is CCC1OC(=O)CC(OC(C)=O)C(C)C(OC2OC(C)C(OC3CC(C)(O)C(OC(=O)CC(C)C)C(C)O3)C(N(C)C)C2O)C(CC=O)CC(C)C(=O)C=CC(C)=CC1COC1OC(C)C(O)C(OC)C1OC. The smallest absolute Gasteiger partial charge is 0.309 e. The summed E-state index contributed by atoms with van der Waals surface area (Å²) < 4.78 is 67.2. The van der Waals surface area contributed by atoms with E-state index in [1.807, 2.05) is 26.8 Å². The highest BCUT2D eigenvalue weighted by molar-refractivity contribution is 5.91. The molecule has 0 aliphatic carbocycles. The van der Waals surface area contributed by atoms with E-state index in [1.165, 1.54) is 27.2 Å². The van der Waals surface area contributed by atoms with Gasteiger partial charge in [0.1, 0.15) is 54.6 Å². The number of aldehydes is 1. The van der Waals surface area contributed by atoms with Crippen molar-refractivity contribution in [1.29, 1.82) is 0 Å². The van der Waals surface area contributed by atoms with Crippen LogP contribution in [-0.2, 0) is 76.1 Å². The number of nitrogens with zero attached hydrogens (tertiary/aromatic N) is 1. The average Bonchev–Trinajstić information content (AvgIpc) is 3.29. The van der Waals surface area contributed by atoms with Crippen molar-refractivity contribution in [3.05, 3.63) is 23.8 Å². The summed E-state index contributed by atoms with van der Waals surface area (Å²) in [5, 5.41) is 34.6. The lowest BCUT2D eigenvalue weighted by Crippen LogP contribution is -2.65. The number of rotatable bonds is 17. The van der Waals surface area contributed by atoms with E-state index >= 15 is 0 Å². The van der Waals surface area contributed by atoms with E-state index in [-0.39, 0.29) is 44.0 Å². The first-order valence-electron chi connectivity index (χ1n) is 25.9. The lowest BCUT2D eigenvalue weighted by molar-refractivity contribution is -0.342. The maximum Gasteiger partial charge on any atom is 0.309 e. The number of esters is 3. The Morgan fingerprint density at radius 1 is 0.890 bits per heavy atom. The first kappa shape index (κ1) is 62.3. The minimum atomic E-state index is -1.53. The van der Waals surface area contributed by atoms with Crippen molar-refractivity contribution in [2.45, 2.75) is 218 Å². The molecule has 0 saturated carbocycles. The molecule has 4 aliphatic rings. The number of methoxy groups -OCH3 is 2. The van der Waals surface area contributed by atoms with Crippen molar-refractivity contribution in [1.82, 2.24) is 4.90 Å². The Morgan fingerprint density at radius 3 is 2.12 bits per heavy atom. The Bertz CT molecular complexity index is 1860. The topological polar surface area (TPSA) is 251 Å². The Balaban J connectivity index is 1.66. The summed E-state index contributed by atoms with van der Waals surface area (Å²) in [6.07, 6.45) is -8.67. The fourth-order valence-electron chi connectivity index (χ4n) is 10.6. The van der Waals surface area contributed by atoms with Crippen molar-refractivity contribution < 1.29 is 91.4 Å². The van der Waals surface area contributed by atoms with Crippen LogP contribution in [0.2, 0.25) is 0 Å². The first-order valence-corrected chi connectivity index (χ1v) is 25.9. The van der Waals surface area contributed by atoms with Gasteiger partial charge >= 0.3 is 17.9 Å². The molecule has 21 atom stereocenters. The molecule has 418 valence electrons. The van der Waals surface area contributed by atoms with Crippen LogP contribution in [0.25, 0.3) is 0 Å². The number of likely N-dealkylation sites (N-methyl/N-ethyl adjacent to an activating group) is 1. The minimum absolute atomic E-state index is 0.0378. The van der Waals surface area contributed by atoms with Crippen molar-refractivity contribution in [3.63, 3.8) is 0 Å². The van der Waals surface area contributed by atoms with E-state index in [0.717, 1.165) is 0 Å². The van der Waals surface area contributed by atoms with Gasteiger partial charge in [-0.3, -0.25) is 19.2 Å². The zero-order chi connectivity index (χ0) is 54.6. The molecule has 0 spiro atoms. The van der Waals surface area contributed by atoms with Crippen LogP contribution >= 0.6 is 0 Å². The van der Waals surface area contributed by atoms with Crippen LogP contribution in [0, 0.1) is 29.6 Å². The molecule has 0 radical (unpaired) electrons. The third kappa shape index (κ3) is 16.9. The largest absolute Gasteiger partial charge is 0.462 e. The number of carbonyl (C=O) groups is 5. The van der Waals surface area contributed by atoms with Gasteiger partial charge in [-0.15, -0.1) is 0 Å². The molecule has 0 amide bonds. The summed E-state index contributed by atoms with van der Waals surface area (Å²) >= 11 is 0. The van der Waals surface area contributed by atoms with Gasteiger partial charge < -0.3 is 77.1 Å². The van der Waals surface area contributed by atoms with Gasteiger partial charge in [0.15, 0.2) is 30.8 Å². The molecular formula is C53H87NO19. The van der Waals surface area contributed by atoms with Gasteiger partial charge in [-0.1, -0.05) is 52.3 Å². The summed E-state index contributed by atoms with van der Waals surface area (Å²) in [6, 6.07) is -0.809. The fourth-order valence-corrected chi connectivity index (χ4v) is 10.6. The summed E-state index contributed by atoms with van der Waals surface area (Å²) in [4.78, 5) is 67.9. The van der Waals surface area contributed by atoms with Gasteiger partial charge in [-0.25, -0.2) is 0 Å². The van der Waals surface area contributed by atoms with Crippen LogP contribution in [0.1, 0.15) is 115 Å². The highest BCUT2D eigenvalue weighted by Crippen LogP contribution is 2.39. The van der Waals surface area contributed by atoms with E-state index in [0.29, 0.717) is 18.3 Å². The molecule has 0 aromatic carbocycles. The van der Waals surface area contributed by atoms with Gasteiger partial charge in [-0.05, 0) is 79.5 Å². The third-order valence-corrected chi connectivity index (χ3v) is 14.5. The number of ether oxygens (including phenoxy) is 11. The maximum absolute atomic E-state index is 14.2. The number of carbonyl (C=O) groups excluding carboxylic acids is 5. The number of hydrogen-bond acceptors (Lipinski definition) is 20. The molecule has 0 aromatic rings. The van der Waals surface area contributed by atoms with E-state index in [2.05, 4.69) is 0 Å². The van der Waals surface area contributed by atoms with E-state index in [9.17, 15) is 39.3 Å². The number of cyclic esters (lactones) is 1. The van der Waals surface area contributed by atoms with Gasteiger partial charge in [0, 0.05) is 58.2 Å². The predicted molar refractivity (Wildman–Crippen MR) is 263 cm³/mol. The van der Waals surface area contributed by atoms with Crippen LogP contribution in [0.4, 0.5) is 0 Å². The molecule has 0 aromatic heterocycles. The van der Waals surface area contributed by atoms with Gasteiger partial charge in [0.25, 0.3) is 0 Å². The Kier molecular flexibility index (Phi) is 24.1. The van der Waals surface area contributed by atoms with Gasteiger partial charge in [0.05, 0.1) is 43.5 Å². The van der Waals surface area contributed by atoms with Crippen molar-refractivity contribution in [2.75, 3.05) is 34.9 Å². The highest BCUT2D eigenvalue weighted by atomic mass is 16.7. The zero-order valence-electron chi connectivity index (χ0n) is 45.7. The molecule has 3 saturated heterocycles. The van der Waals surface area contributed by atoms with E-state index in [4.69, 9.17) is 52.1 Å². The molecule has 4 rings (SSSR count). The zero-order valence-corrected chi connectivity index (χ0v) is 45.7. The van der Waals surface area contributed by atoms with Crippen molar-refractivity contribution in [2.24, 2.45) is 29.6 Å². The van der Waals surface area contributed by atoms with Crippen LogP contribution in [0.15, 0.2) is 23.8 Å². The van der Waals surface area contributed by atoms with Gasteiger partial charge in [0.2, 0.25) is 0 Å². The lowest BCUT2D eigenvalue weighted by atomic mass is 9.79. The quantitative estimate of drug-likeness (QED) is 0.106. The van der Waals surface area contributed by atoms with Crippen LogP contribution in [0.3, 0.4) is 0 Å². The number of aliphatic hydroxyl groups is 3. The second kappa shape index (κ2) is 28.2. The first-order chi connectivity index (χ1) is 34.3. The van der Waals surface area contributed by atoms with E-state index in [1.54, 1.807) is 73.5 Å². The normalized spacial score (nSPS) is 40.5. The molecule has 21 unspecified atom stereocenters. The molecule has 4 aliphatic heterocycles.